The largest absolute Gasteiger partial charge is 0.304 e. The summed E-state index contributed by atoms with van der Waals surface area (Å²) in [4.78, 5) is 19.8. The van der Waals surface area contributed by atoms with E-state index in [2.05, 4.69) is 20.6 Å². The number of nitrogens with zero attached hydrogens (tertiary/aromatic N) is 2. The third-order valence-corrected chi connectivity index (χ3v) is 2.93. The van der Waals surface area contributed by atoms with Crippen LogP contribution in [0.2, 0.25) is 5.15 Å². The van der Waals surface area contributed by atoms with Crippen LogP contribution in [0.4, 0.5) is 5.95 Å². The summed E-state index contributed by atoms with van der Waals surface area (Å²) >= 11 is 5.70. The Labute approximate surface area is 98.6 Å². The second kappa shape index (κ2) is 4.35. The van der Waals surface area contributed by atoms with Crippen LogP contribution in [0.25, 0.3) is 0 Å². The lowest BCUT2D eigenvalue weighted by atomic mass is 10.00. The minimum Gasteiger partial charge on any atom is -0.304 e. The first kappa shape index (κ1) is 11.3. The Morgan fingerprint density at radius 2 is 2.50 bits per heavy atom. The number of carbonyl (C=O) groups is 1. The fourth-order valence-electron chi connectivity index (χ4n) is 1.72. The summed E-state index contributed by atoms with van der Waals surface area (Å²) in [5.41, 5.74) is -0.522. The van der Waals surface area contributed by atoms with Gasteiger partial charge in [0.25, 0.3) is 0 Å². The molecule has 1 aliphatic heterocycles. The Bertz CT molecular complexity index is 404. The molecular weight excluding hydrogens is 228 g/mol. The van der Waals surface area contributed by atoms with Crippen LogP contribution in [0.5, 0.6) is 0 Å². The fraction of sp³-hybridized carbons (Fsp3) is 0.500. The zero-order valence-electron chi connectivity index (χ0n) is 8.96. The van der Waals surface area contributed by atoms with Gasteiger partial charge in [0.1, 0.15) is 5.15 Å². The number of rotatable bonds is 2. The molecule has 0 spiro atoms. The maximum absolute atomic E-state index is 12.0. The Kier molecular flexibility index (Phi) is 3.07. The molecule has 1 amide bonds. The van der Waals surface area contributed by atoms with Gasteiger partial charge >= 0.3 is 0 Å². The van der Waals surface area contributed by atoms with Gasteiger partial charge in [-0.1, -0.05) is 11.6 Å². The van der Waals surface area contributed by atoms with Crippen LogP contribution in [-0.4, -0.2) is 28.0 Å². The summed E-state index contributed by atoms with van der Waals surface area (Å²) in [6.45, 7) is 2.74. The molecule has 1 aliphatic rings. The SMILES string of the molecule is CC1(C(=O)Nc2nccc(Cl)n2)CCCN1. The first-order chi connectivity index (χ1) is 7.60. The van der Waals surface area contributed by atoms with E-state index in [1.807, 2.05) is 6.92 Å². The van der Waals surface area contributed by atoms with Crippen molar-refractivity contribution in [3.8, 4) is 0 Å². The smallest absolute Gasteiger partial charge is 0.246 e. The van der Waals surface area contributed by atoms with Crippen LogP contribution >= 0.6 is 11.6 Å². The van der Waals surface area contributed by atoms with Crippen molar-refractivity contribution in [3.63, 3.8) is 0 Å². The molecule has 1 unspecified atom stereocenters. The van der Waals surface area contributed by atoms with Crippen molar-refractivity contribution in [2.24, 2.45) is 0 Å². The molecule has 2 rings (SSSR count). The summed E-state index contributed by atoms with van der Waals surface area (Å²) in [5, 5.41) is 6.14. The Morgan fingerprint density at radius 3 is 3.12 bits per heavy atom. The highest BCUT2D eigenvalue weighted by Crippen LogP contribution is 2.20. The van der Waals surface area contributed by atoms with Crippen LogP contribution in [0, 0.1) is 0 Å². The van der Waals surface area contributed by atoms with E-state index in [0.29, 0.717) is 5.15 Å². The number of amides is 1. The number of carbonyl (C=O) groups excluding carboxylic acids is 1. The lowest BCUT2D eigenvalue weighted by molar-refractivity contribution is -0.121. The number of hydrogen-bond donors (Lipinski definition) is 2. The van der Waals surface area contributed by atoms with Crippen LogP contribution < -0.4 is 10.6 Å². The molecular formula is C10H13ClN4O. The Hall–Kier alpha value is -1.20. The zero-order chi connectivity index (χ0) is 11.6. The maximum atomic E-state index is 12.0. The minimum atomic E-state index is -0.522. The van der Waals surface area contributed by atoms with E-state index in [9.17, 15) is 4.79 Å². The summed E-state index contributed by atoms with van der Waals surface area (Å²) < 4.78 is 0. The van der Waals surface area contributed by atoms with Gasteiger partial charge in [0.2, 0.25) is 11.9 Å². The molecule has 86 valence electrons. The van der Waals surface area contributed by atoms with Crippen molar-refractivity contribution in [1.29, 1.82) is 0 Å². The zero-order valence-corrected chi connectivity index (χ0v) is 9.71. The van der Waals surface area contributed by atoms with Crippen molar-refractivity contribution in [2.45, 2.75) is 25.3 Å². The molecule has 1 aromatic heterocycles. The van der Waals surface area contributed by atoms with Gasteiger partial charge in [0.15, 0.2) is 0 Å². The molecule has 0 bridgehead atoms. The van der Waals surface area contributed by atoms with E-state index in [1.165, 1.54) is 6.20 Å². The normalized spacial score (nSPS) is 24.4. The standard InChI is InChI=1S/C10H13ClN4O/c1-10(4-2-5-13-10)8(16)15-9-12-6-3-7(11)14-9/h3,6,13H,2,4-5H2,1H3,(H,12,14,15,16). The van der Waals surface area contributed by atoms with Crippen molar-refractivity contribution < 1.29 is 4.79 Å². The number of nitrogens with one attached hydrogen (secondary N) is 2. The topological polar surface area (TPSA) is 66.9 Å². The average Bonchev–Trinajstić information content (AvgIpc) is 2.66. The summed E-state index contributed by atoms with van der Waals surface area (Å²) in [6.07, 6.45) is 3.33. The van der Waals surface area contributed by atoms with Crippen LogP contribution in [0.15, 0.2) is 12.3 Å². The molecule has 0 aromatic carbocycles. The predicted octanol–water partition coefficient (Wildman–Crippen LogP) is 1.21. The van der Waals surface area contributed by atoms with Crippen molar-refractivity contribution >= 4 is 23.5 Å². The number of halogens is 1. The van der Waals surface area contributed by atoms with Gasteiger partial charge < -0.3 is 5.32 Å². The first-order valence-electron chi connectivity index (χ1n) is 5.15. The maximum Gasteiger partial charge on any atom is 0.246 e. The summed E-state index contributed by atoms with van der Waals surface area (Å²) in [5.74, 6) is 0.125. The molecule has 2 heterocycles. The third kappa shape index (κ3) is 2.31. The van der Waals surface area contributed by atoms with Gasteiger partial charge in [0.05, 0.1) is 5.54 Å². The van der Waals surface area contributed by atoms with Crippen LogP contribution in [-0.2, 0) is 4.79 Å². The van der Waals surface area contributed by atoms with Crippen molar-refractivity contribution in [1.82, 2.24) is 15.3 Å². The molecule has 0 radical (unpaired) electrons. The quantitative estimate of drug-likeness (QED) is 0.763. The van der Waals surface area contributed by atoms with Crippen molar-refractivity contribution in [2.75, 3.05) is 11.9 Å². The Morgan fingerprint density at radius 1 is 1.69 bits per heavy atom. The molecule has 5 nitrogen and oxygen atoms in total. The Balaban J connectivity index is 2.07. The lowest BCUT2D eigenvalue weighted by Gasteiger charge is -2.22. The van der Waals surface area contributed by atoms with Gasteiger partial charge in [-0.25, -0.2) is 9.97 Å². The van der Waals surface area contributed by atoms with E-state index in [-0.39, 0.29) is 11.9 Å². The second-order valence-corrected chi connectivity index (χ2v) is 4.41. The highest BCUT2D eigenvalue weighted by Gasteiger charge is 2.36. The third-order valence-electron chi connectivity index (χ3n) is 2.72. The molecule has 0 aliphatic carbocycles. The molecule has 0 saturated carbocycles. The molecule has 2 N–H and O–H groups in total. The first-order valence-corrected chi connectivity index (χ1v) is 5.53. The second-order valence-electron chi connectivity index (χ2n) is 4.02. The van der Waals surface area contributed by atoms with E-state index < -0.39 is 5.54 Å². The average molecular weight is 241 g/mol. The van der Waals surface area contributed by atoms with E-state index in [1.54, 1.807) is 6.07 Å². The van der Waals surface area contributed by atoms with Crippen molar-refractivity contribution in [3.05, 3.63) is 17.4 Å². The number of hydrogen-bond acceptors (Lipinski definition) is 4. The molecule has 6 heteroatoms. The summed E-state index contributed by atoms with van der Waals surface area (Å²) in [7, 11) is 0. The van der Waals surface area contributed by atoms with E-state index in [0.717, 1.165) is 19.4 Å². The highest BCUT2D eigenvalue weighted by molar-refractivity contribution is 6.29. The summed E-state index contributed by atoms with van der Waals surface area (Å²) in [6, 6.07) is 1.56. The van der Waals surface area contributed by atoms with Gasteiger partial charge in [-0.15, -0.1) is 0 Å². The predicted molar refractivity (Wildman–Crippen MR) is 61.3 cm³/mol. The van der Waals surface area contributed by atoms with E-state index in [4.69, 9.17) is 11.6 Å². The fourth-order valence-corrected chi connectivity index (χ4v) is 1.86. The van der Waals surface area contributed by atoms with Gasteiger partial charge in [-0.2, -0.15) is 0 Å². The van der Waals surface area contributed by atoms with E-state index >= 15 is 0 Å². The molecule has 1 atom stereocenters. The lowest BCUT2D eigenvalue weighted by Crippen LogP contribution is -2.48. The number of anilines is 1. The molecule has 1 saturated heterocycles. The van der Waals surface area contributed by atoms with Crippen LogP contribution in [0.3, 0.4) is 0 Å². The van der Waals surface area contributed by atoms with Gasteiger partial charge in [-0.05, 0) is 32.4 Å². The molecule has 1 aromatic rings. The monoisotopic (exact) mass is 240 g/mol. The van der Waals surface area contributed by atoms with Gasteiger partial charge in [0, 0.05) is 6.20 Å². The minimum absolute atomic E-state index is 0.118. The van der Waals surface area contributed by atoms with Gasteiger partial charge in [-0.3, -0.25) is 10.1 Å². The van der Waals surface area contributed by atoms with Crippen LogP contribution in [0.1, 0.15) is 19.8 Å². The highest BCUT2D eigenvalue weighted by atomic mass is 35.5. The molecule has 16 heavy (non-hydrogen) atoms. The number of aromatic nitrogens is 2. The molecule has 1 fully saturated rings.